The molecular formula is C14H19IN2O2. The lowest BCUT2D eigenvalue weighted by Gasteiger charge is -2.18. The molecule has 1 aromatic rings. The molecule has 1 aliphatic rings. The van der Waals surface area contributed by atoms with Crippen molar-refractivity contribution in [2.45, 2.75) is 19.9 Å². The highest BCUT2D eigenvalue weighted by Crippen LogP contribution is 2.20. The van der Waals surface area contributed by atoms with Crippen LogP contribution in [-0.2, 0) is 9.53 Å². The van der Waals surface area contributed by atoms with E-state index in [0.717, 1.165) is 15.8 Å². The fourth-order valence-electron chi connectivity index (χ4n) is 2.18. The monoisotopic (exact) mass is 374 g/mol. The maximum atomic E-state index is 12.3. The molecule has 0 saturated carbocycles. The summed E-state index contributed by atoms with van der Waals surface area (Å²) in [6.07, 6.45) is 0. The van der Waals surface area contributed by atoms with Gasteiger partial charge in [-0.15, -0.1) is 0 Å². The minimum atomic E-state index is -0.112. The summed E-state index contributed by atoms with van der Waals surface area (Å²) < 4.78 is 6.55. The highest BCUT2D eigenvalue weighted by atomic mass is 127. The van der Waals surface area contributed by atoms with E-state index in [1.807, 2.05) is 25.1 Å². The number of nitrogens with one attached hydrogen (secondary N) is 2. The van der Waals surface area contributed by atoms with Crippen LogP contribution < -0.4 is 10.6 Å². The van der Waals surface area contributed by atoms with Crippen molar-refractivity contribution in [3.8, 4) is 0 Å². The van der Waals surface area contributed by atoms with Gasteiger partial charge in [0.25, 0.3) is 0 Å². The van der Waals surface area contributed by atoms with Crippen LogP contribution in [0.3, 0.4) is 0 Å². The summed E-state index contributed by atoms with van der Waals surface area (Å²) in [4.78, 5) is 12.3. The van der Waals surface area contributed by atoms with Gasteiger partial charge in [-0.05, 0) is 53.8 Å². The van der Waals surface area contributed by atoms with E-state index in [1.54, 1.807) is 0 Å². The first kappa shape index (κ1) is 14.7. The Bertz CT molecular complexity index is 465. The molecule has 2 rings (SSSR count). The molecular weight excluding hydrogens is 355 g/mol. The van der Waals surface area contributed by atoms with Crippen LogP contribution in [0.2, 0.25) is 0 Å². The zero-order chi connectivity index (χ0) is 13.8. The highest BCUT2D eigenvalue weighted by Gasteiger charge is 2.33. The van der Waals surface area contributed by atoms with Crippen molar-refractivity contribution >= 4 is 34.2 Å². The average molecular weight is 374 g/mol. The molecule has 2 N–H and O–H groups in total. The third-order valence-corrected chi connectivity index (χ3v) is 4.49. The number of likely N-dealkylation sites (N-methyl/N-ethyl adjacent to an activating group) is 1. The largest absolute Gasteiger partial charge is 0.379 e. The molecule has 0 spiro atoms. The van der Waals surface area contributed by atoms with E-state index in [9.17, 15) is 4.79 Å². The topological polar surface area (TPSA) is 50.4 Å². The molecule has 2 atom stereocenters. The predicted octanol–water partition coefficient (Wildman–Crippen LogP) is 2.16. The Morgan fingerprint density at radius 1 is 1.47 bits per heavy atom. The normalized spacial score (nSPS) is 22.5. The number of anilines is 1. The van der Waals surface area contributed by atoms with E-state index < -0.39 is 0 Å². The quantitative estimate of drug-likeness (QED) is 0.795. The number of hydrogen-bond donors (Lipinski definition) is 2. The molecule has 0 bridgehead atoms. The molecule has 5 heteroatoms. The van der Waals surface area contributed by atoms with Crippen molar-refractivity contribution in [2.75, 3.05) is 25.1 Å². The maximum Gasteiger partial charge on any atom is 0.231 e. The first-order valence-electron chi connectivity index (χ1n) is 6.50. The van der Waals surface area contributed by atoms with Crippen molar-refractivity contribution < 1.29 is 9.53 Å². The Labute approximate surface area is 127 Å². The Balaban J connectivity index is 2.02. The molecule has 1 aliphatic heterocycles. The smallest absolute Gasteiger partial charge is 0.231 e. The van der Waals surface area contributed by atoms with Gasteiger partial charge in [-0.3, -0.25) is 4.79 Å². The Kier molecular flexibility index (Phi) is 5.18. The zero-order valence-electron chi connectivity index (χ0n) is 11.2. The van der Waals surface area contributed by atoms with E-state index in [-0.39, 0.29) is 17.9 Å². The minimum Gasteiger partial charge on any atom is -0.379 e. The van der Waals surface area contributed by atoms with Gasteiger partial charge in [0.1, 0.15) is 0 Å². The number of benzene rings is 1. The third kappa shape index (κ3) is 3.67. The molecule has 1 fully saturated rings. The molecule has 1 aromatic carbocycles. The Morgan fingerprint density at radius 2 is 2.26 bits per heavy atom. The van der Waals surface area contributed by atoms with E-state index in [1.165, 1.54) is 5.56 Å². The summed E-state index contributed by atoms with van der Waals surface area (Å²) >= 11 is 2.27. The first-order chi connectivity index (χ1) is 9.11. The van der Waals surface area contributed by atoms with E-state index in [4.69, 9.17) is 4.74 Å². The number of ether oxygens (including phenoxy) is 1. The summed E-state index contributed by atoms with van der Waals surface area (Å²) in [5.74, 6) is -0.0815. The summed E-state index contributed by atoms with van der Waals surface area (Å²) in [6, 6.07) is 6.07. The molecule has 2 unspecified atom stereocenters. The fourth-order valence-corrected chi connectivity index (χ4v) is 2.70. The second-order valence-electron chi connectivity index (χ2n) is 4.76. The van der Waals surface area contributed by atoms with E-state index in [2.05, 4.69) is 40.1 Å². The maximum absolute atomic E-state index is 12.3. The van der Waals surface area contributed by atoms with Crippen LogP contribution in [0.5, 0.6) is 0 Å². The summed E-state index contributed by atoms with van der Waals surface area (Å²) in [7, 11) is 0. The van der Waals surface area contributed by atoms with Crippen LogP contribution in [0, 0.1) is 16.4 Å². The number of amides is 1. The lowest BCUT2D eigenvalue weighted by molar-refractivity contribution is -0.120. The van der Waals surface area contributed by atoms with Gasteiger partial charge in [-0.25, -0.2) is 0 Å². The molecule has 0 aliphatic carbocycles. The molecule has 1 heterocycles. The van der Waals surface area contributed by atoms with Crippen LogP contribution in [0.4, 0.5) is 5.69 Å². The molecule has 19 heavy (non-hydrogen) atoms. The van der Waals surface area contributed by atoms with Crippen molar-refractivity contribution in [1.29, 1.82) is 0 Å². The van der Waals surface area contributed by atoms with E-state index in [0.29, 0.717) is 13.2 Å². The van der Waals surface area contributed by atoms with Gasteiger partial charge < -0.3 is 15.4 Å². The predicted molar refractivity (Wildman–Crippen MR) is 84.3 cm³/mol. The summed E-state index contributed by atoms with van der Waals surface area (Å²) in [6.45, 7) is 6.04. The lowest BCUT2D eigenvalue weighted by atomic mass is 10.0. The molecule has 1 amide bonds. The van der Waals surface area contributed by atoms with Gasteiger partial charge in [0.2, 0.25) is 5.91 Å². The second-order valence-corrected chi connectivity index (χ2v) is 5.92. The van der Waals surface area contributed by atoms with Crippen molar-refractivity contribution in [3.05, 3.63) is 27.3 Å². The fraction of sp³-hybridized carbons (Fsp3) is 0.500. The molecule has 1 saturated heterocycles. The van der Waals surface area contributed by atoms with Gasteiger partial charge >= 0.3 is 0 Å². The first-order valence-corrected chi connectivity index (χ1v) is 7.58. The number of carbonyl (C=O) groups excluding carboxylic acids is 1. The van der Waals surface area contributed by atoms with Crippen LogP contribution in [0.25, 0.3) is 0 Å². The highest BCUT2D eigenvalue weighted by molar-refractivity contribution is 14.1. The number of halogens is 1. The average Bonchev–Trinajstić information content (AvgIpc) is 2.83. The molecule has 4 nitrogen and oxygen atoms in total. The SMILES string of the molecule is CCNC1COCC1C(=O)Nc1ccc(C)c(I)c1. The van der Waals surface area contributed by atoms with Crippen LogP contribution >= 0.6 is 22.6 Å². The van der Waals surface area contributed by atoms with Crippen LogP contribution in [0.1, 0.15) is 12.5 Å². The van der Waals surface area contributed by atoms with Gasteiger partial charge in [0.15, 0.2) is 0 Å². The molecule has 0 aromatic heterocycles. The van der Waals surface area contributed by atoms with Crippen molar-refractivity contribution in [2.24, 2.45) is 5.92 Å². The van der Waals surface area contributed by atoms with Crippen molar-refractivity contribution in [3.63, 3.8) is 0 Å². The second kappa shape index (κ2) is 6.67. The Hall–Kier alpha value is -0.660. The summed E-state index contributed by atoms with van der Waals surface area (Å²) in [5.41, 5.74) is 2.07. The van der Waals surface area contributed by atoms with Crippen molar-refractivity contribution in [1.82, 2.24) is 5.32 Å². The standard InChI is InChI=1S/C14H19IN2O2/c1-3-16-13-8-19-7-11(13)14(18)17-10-5-4-9(2)12(15)6-10/h4-6,11,13,16H,3,7-8H2,1-2H3,(H,17,18). The van der Waals surface area contributed by atoms with Gasteiger partial charge in [0.05, 0.1) is 19.1 Å². The number of hydrogen-bond acceptors (Lipinski definition) is 3. The Morgan fingerprint density at radius 3 is 2.95 bits per heavy atom. The lowest BCUT2D eigenvalue weighted by Crippen LogP contribution is -2.41. The van der Waals surface area contributed by atoms with Gasteiger partial charge in [0, 0.05) is 15.3 Å². The molecule has 0 radical (unpaired) electrons. The van der Waals surface area contributed by atoms with Crippen LogP contribution in [-0.4, -0.2) is 31.7 Å². The number of aryl methyl sites for hydroxylation is 1. The minimum absolute atomic E-state index is 0.0307. The molecule has 104 valence electrons. The van der Waals surface area contributed by atoms with Crippen LogP contribution in [0.15, 0.2) is 18.2 Å². The van der Waals surface area contributed by atoms with Gasteiger partial charge in [-0.2, -0.15) is 0 Å². The third-order valence-electron chi connectivity index (χ3n) is 3.32. The summed E-state index contributed by atoms with van der Waals surface area (Å²) in [5, 5.41) is 6.27. The number of carbonyl (C=O) groups is 1. The van der Waals surface area contributed by atoms with E-state index >= 15 is 0 Å². The zero-order valence-corrected chi connectivity index (χ0v) is 13.4. The van der Waals surface area contributed by atoms with Gasteiger partial charge in [-0.1, -0.05) is 13.0 Å². The number of rotatable bonds is 4.